The summed E-state index contributed by atoms with van der Waals surface area (Å²) in [5, 5.41) is 9.57. The summed E-state index contributed by atoms with van der Waals surface area (Å²) in [6.45, 7) is 0.139. The van der Waals surface area contributed by atoms with Gasteiger partial charge in [0.15, 0.2) is 0 Å². The van der Waals surface area contributed by atoms with E-state index in [-0.39, 0.29) is 23.6 Å². The third-order valence-corrected chi connectivity index (χ3v) is 2.26. The minimum absolute atomic E-state index is 0.0462. The highest BCUT2D eigenvalue weighted by molar-refractivity contribution is 6.03. The Morgan fingerprint density at radius 3 is 2.90 bits per heavy atom. The summed E-state index contributed by atoms with van der Waals surface area (Å²) < 4.78 is 13.7. The van der Waals surface area contributed by atoms with E-state index < -0.39 is 11.7 Å². The van der Waals surface area contributed by atoms with Gasteiger partial charge in [0.1, 0.15) is 5.82 Å². The van der Waals surface area contributed by atoms with Crippen LogP contribution in [0.1, 0.15) is 15.9 Å². The Morgan fingerprint density at radius 1 is 1.40 bits per heavy atom. The number of nitrogens with one attached hydrogen (secondary N) is 1. The van der Waals surface area contributed by atoms with Crippen molar-refractivity contribution in [3.8, 4) is 11.8 Å². The molecule has 2 rings (SSSR count). The SMILES string of the molecule is NCC#Cc1ccc(C(=O)Nc2nccnn2)cc1F. The molecule has 0 spiro atoms. The number of halogens is 1. The number of amides is 1. The lowest BCUT2D eigenvalue weighted by atomic mass is 10.1. The van der Waals surface area contributed by atoms with Gasteiger partial charge in [0.05, 0.1) is 24.5 Å². The number of anilines is 1. The molecule has 1 amide bonds. The highest BCUT2D eigenvalue weighted by Crippen LogP contribution is 2.10. The van der Waals surface area contributed by atoms with E-state index in [1.165, 1.54) is 24.5 Å². The van der Waals surface area contributed by atoms with Gasteiger partial charge in [-0.25, -0.2) is 9.37 Å². The fourth-order valence-corrected chi connectivity index (χ4v) is 1.38. The van der Waals surface area contributed by atoms with E-state index in [1.54, 1.807) is 0 Å². The molecule has 7 heteroatoms. The van der Waals surface area contributed by atoms with Crippen LogP contribution in [0.4, 0.5) is 10.3 Å². The normalized spacial score (nSPS) is 9.50. The van der Waals surface area contributed by atoms with Gasteiger partial charge < -0.3 is 5.73 Å². The maximum atomic E-state index is 13.7. The molecule has 1 heterocycles. The number of rotatable bonds is 2. The average Bonchev–Trinajstić information content (AvgIpc) is 2.47. The molecular weight excluding hydrogens is 261 g/mol. The van der Waals surface area contributed by atoms with E-state index >= 15 is 0 Å². The van der Waals surface area contributed by atoms with Crippen LogP contribution in [0, 0.1) is 17.7 Å². The molecule has 100 valence electrons. The van der Waals surface area contributed by atoms with Gasteiger partial charge in [-0.05, 0) is 18.2 Å². The predicted molar refractivity (Wildman–Crippen MR) is 70.1 cm³/mol. The Hall–Kier alpha value is -2.85. The van der Waals surface area contributed by atoms with Gasteiger partial charge in [-0.2, -0.15) is 5.10 Å². The number of hydrogen-bond acceptors (Lipinski definition) is 5. The summed E-state index contributed by atoms with van der Waals surface area (Å²) in [6, 6.07) is 3.96. The number of carbonyl (C=O) groups excluding carboxylic acids is 1. The van der Waals surface area contributed by atoms with Gasteiger partial charge >= 0.3 is 0 Å². The van der Waals surface area contributed by atoms with Crippen molar-refractivity contribution in [2.75, 3.05) is 11.9 Å². The van der Waals surface area contributed by atoms with Gasteiger partial charge in [-0.15, -0.1) is 5.10 Å². The first-order valence-electron chi connectivity index (χ1n) is 5.64. The minimum Gasteiger partial charge on any atom is -0.320 e. The topological polar surface area (TPSA) is 93.8 Å². The molecule has 1 aromatic heterocycles. The zero-order chi connectivity index (χ0) is 14.4. The van der Waals surface area contributed by atoms with Crippen molar-refractivity contribution in [2.24, 2.45) is 5.73 Å². The Balaban J connectivity index is 2.17. The number of aromatic nitrogens is 3. The first-order valence-corrected chi connectivity index (χ1v) is 5.64. The molecule has 0 atom stereocenters. The van der Waals surface area contributed by atoms with E-state index in [4.69, 9.17) is 5.73 Å². The van der Waals surface area contributed by atoms with Crippen molar-refractivity contribution in [1.82, 2.24) is 15.2 Å². The largest absolute Gasteiger partial charge is 0.320 e. The lowest BCUT2D eigenvalue weighted by molar-refractivity contribution is 0.102. The smallest absolute Gasteiger partial charge is 0.258 e. The first-order chi connectivity index (χ1) is 9.70. The maximum Gasteiger partial charge on any atom is 0.258 e. The van der Waals surface area contributed by atoms with Crippen LogP contribution >= 0.6 is 0 Å². The lowest BCUT2D eigenvalue weighted by Crippen LogP contribution is -2.14. The van der Waals surface area contributed by atoms with Crippen LogP contribution in [0.25, 0.3) is 0 Å². The number of benzene rings is 1. The zero-order valence-corrected chi connectivity index (χ0v) is 10.3. The number of nitrogens with zero attached hydrogens (tertiary/aromatic N) is 3. The second kappa shape index (κ2) is 6.36. The van der Waals surface area contributed by atoms with E-state index in [1.807, 2.05) is 0 Å². The third kappa shape index (κ3) is 3.34. The van der Waals surface area contributed by atoms with Crippen LogP contribution < -0.4 is 11.1 Å². The number of nitrogens with two attached hydrogens (primary N) is 1. The molecule has 0 fully saturated rings. The summed E-state index contributed by atoms with van der Waals surface area (Å²) in [5.74, 6) is 4.04. The van der Waals surface area contributed by atoms with Crippen LogP contribution in [-0.2, 0) is 0 Å². The van der Waals surface area contributed by atoms with Crippen LogP contribution in [0.3, 0.4) is 0 Å². The summed E-state index contributed by atoms with van der Waals surface area (Å²) in [5.41, 5.74) is 5.53. The second-order valence-corrected chi connectivity index (χ2v) is 3.62. The van der Waals surface area contributed by atoms with Crippen molar-refractivity contribution in [2.45, 2.75) is 0 Å². The summed E-state index contributed by atoms with van der Waals surface area (Å²) in [7, 11) is 0. The maximum absolute atomic E-state index is 13.7. The monoisotopic (exact) mass is 271 g/mol. The molecule has 0 aliphatic heterocycles. The fraction of sp³-hybridized carbons (Fsp3) is 0.0769. The molecule has 0 unspecified atom stereocenters. The van der Waals surface area contributed by atoms with Gasteiger partial charge in [0, 0.05) is 5.56 Å². The standard InChI is InChI=1S/C13H10FN5O/c14-11-8-10(4-3-9(11)2-1-5-15)12(20)18-13-16-6-7-17-19-13/h3-4,6-8H,5,15H2,(H,16,18,19,20). The van der Waals surface area contributed by atoms with Gasteiger partial charge in [0.25, 0.3) is 5.91 Å². The molecule has 3 N–H and O–H groups in total. The molecule has 0 aliphatic carbocycles. The highest BCUT2D eigenvalue weighted by Gasteiger charge is 2.10. The van der Waals surface area contributed by atoms with Gasteiger partial charge in [0.2, 0.25) is 5.95 Å². The Kier molecular flexibility index (Phi) is 4.32. The number of carbonyl (C=O) groups is 1. The van der Waals surface area contributed by atoms with Crippen LogP contribution in [0.15, 0.2) is 30.6 Å². The quantitative estimate of drug-likeness (QED) is 0.779. The molecule has 1 aromatic carbocycles. The average molecular weight is 271 g/mol. The molecule has 0 aliphatic rings. The van der Waals surface area contributed by atoms with Crippen molar-refractivity contribution in [3.63, 3.8) is 0 Å². The Bertz CT molecular complexity index is 678. The summed E-state index contributed by atoms with van der Waals surface area (Å²) in [4.78, 5) is 15.6. The summed E-state index contributed by atoms with van der Waals surface area (Å²) in [6.07, 6.45) is 2.76. The van der Waals surface area contributed by atoms with Crippen molar-refractivity contribution in [1.29, 1.82) is 0 Å². The molecule has 0 saturated heterocycles. The lowest BCUT2D eigenvalue weighted by Gasteiger charge is -2.03. The number of hydrogen-bond donors (Lipinski definition) is 2. The predicted octanol–water partition coefficient (Wildman–Crippen LogP) is 0.573. The van der Waals surface area contributed by atoms with E-state index in [9.17, 15) is 9.18 Å². The third-order valence-electron chi connectivity index (χ3n) is 2.26. The highest BCUT2D eigenvalue weighted by atomic mass is 19.1. The molecule has 2 aromatic rings. The van der Waals surface area contributed by atoms with Crippen molar-refractivity contribution in [3.05, 3.63) is 47.5 Å². The molecular formula is C13H10FN5O. The van der Waals surface area contributed by atoms with Gasteiger partial charge in [-0.1, -0.05) is 11.8 Å². The van der Waals surface area contributed by atoms with Crippen molar-refractivity contribution >= 4 is 11.9 Å². The minimum atomic E-state index is -0.592. The fourth-order valence-electron chi connectivity index (χ4n) is 1.38. The van der Waals surface area contributed by atoms with E-state index in [0.717, 1.165) is 6.07 Å². The van der Waals surface area contributed by atoms with Crippen LogP contribution in [0.2, 0.25) is 0 Å². The van der Waals surface area contributed by atoms with Crippen LogP contribution in [0.5, 0.6) is 0 Å². The van der Waals surface area contributed by atoms with Crippen LogP contribution in [-0.4, -0.2) is 27.6 Å². The molecule has 0 saturated carbocycles. The first kappa shape index (κ1) is 13.6. The molecule has 20 heavy (non-hydrogen) atoms. The Morgan fingerprint density at radius 2 is 2.25 bits per heavy atom. The Labute approximate surface area is 114 Å². The van der Waals surface area contributed by atoms with E-state index in [2.05, 4.69) is 32.3 Å². The molecule has 6 nitrogen and oxygen atoms in total. The molecule has 0 bridgehead atoms. The van der Waals surface area contributed by atoms with Gasteiger partial charge in [-0.3, -0.25) is 10.1 Å². The zero-order valence-electron chi connectivity index (χ0n) is 10.3. The molecule has 0 radical (unpaired) electrons. The summed E-state index contributed by atoms with van der Waals surface area (Å²) >= 11 is 0. The van der Waals surface area contributed by atoms with Crippen molar-refractivity contribution < 1.29 is 9.18 Å². The second-order valence-electron chi connectivity index (χ2n) is 3.62. The van der Waals surface area contributed by atoms with E-state index in [0.29, 0.717) is 0 Å².